The molecular formula is C26H24N4O4. The normalized spacial score (nSPS) is 16.9. The lowest BCUT2D eigenvalue weighted by molar-refractivity contribution is -0.121. The minimum Gasteiger partial charge on any atom is -0.457 e. The highest BCUT2D eigenvalue weighted by molar-refractivity contribution is 5.97. The number of aromatic nitrogens is 1. The van der Waals surface area contributed by atoms with Gasteiger partial charge in [-0.25, -0.2) is 9.78 Å². The smallest absolute Gasteiger partial charge is 0.338 e. The highest BCUT2D eigenvalue weighted by Crippen LogP contribution is 2.30. The number of aliphatic hydroxyl groups excluding tert-OH is 1. The van der Waals surface area contributed by atoms with E-state index in [1.165, 1.54) is 0 Å². The van der Waals surface area contributed by atoms with E-state index in [0.29, 0.717) is 36.6 Å². The number of β-amino-alcohol motifs (C(OH)–C–C–N with tert-alkyl or cyclic N) is 1. The van der Waals surface area contributed by atoms with Gasteiger partial charge in [-0.1, -0.05) is 12.1 Å². The minimum atomic E-state index is -0.781. The molecule has 1 atom stereocenters. The summed E-state index contributed by atoms with van der Waals surface area (Å²) < 4.78 is 5.10. The van der Waals surface area contributed by atoms with Crippen LogP contribution >= 0.6 is 0 Å². The third kappa shape index (κ3) is 3.69. The van der Waals surface area contributed by atoms with Gasteiger partial charge < -0.3 is 9.84 Å². The lowest BCUT2D eigenvalue weighted by atomic mass is 9.95. The summed E-state index contributed by atoms with van der Waals surface area (Å²) in [6, 6.07) is 11.2. The lowest BCUT2D eigenvalue weighted by Gasteiger charge is -2.35. The van der Waals surface area contributed by atoms with E-state index in [9.17, 15) is 20.0 Å². The SMILES string of the molecule is Cc1c([C@@H](O)CN2CCN(c3cc4ccc(C#N)c(C)c4cn3)C(=O)C2)ccc2c1COC2=O. The Hall–Kier alpha value is -3.80. The van der Waals surface area contributed by atoms with Crippen LogP contribution in [0.5, 0.6) is 0 Å². The molecule has 5 rings (SSSR count). The van der Waals surface area contributed by atoms with E-state index in [1.807, 2.05) is 30.9 Å². The number of pyridine rings is 1. The van der Waals surface area contributed by atoms with E-state index in [-0.39, 0.29) is 25.0 Å². The van der Waals surface area contributed by atoms with Crippen molar-refractivity contribution in [2.24, 2.45) is 0 Å². The summed E-state index contributed by atoms with van der Waals surface area (Å²) in [4.78, 5) is 32.8. The maximum absolute atomic E-state index is 12.9. The summed E-state index contributed by atoms with van der Waals surface area (Å²) in [5, 5.41) is 21.9. The van der Waals surface area contributed by atoms with E-state index < -0.39 is 6.10 Å². The fourth-order valence-corrected chi connectivity index (χ4v) is 4.81. The van der Waals surface area contributed by atoms with E-state index in [4.69, 9.17) is 4.74 Å². The van der Waals surface area contributed by atoms with Crippen LogP contribution in [0.1, 0.15) is 44.3 Å². The zero-order valence-electron chi connectivity index (χ0n) is 19.0. The van der Waals surface area contributed by atoms with Crippen LogP contribution in [0.15, 0.2) is 36.5 Å². The lowest BCUT2D eigenvalue weighted by Crippen LogP contribution is -2.51. The minimum absolute atomic E-state index is 0.0830. The third-order valence-corrected chi connectivity index (χ3v) is 6.85. The second-order valence-corrected chi connectivity index (χ2v) is 8.79. The number of benzene rings is 2. The summed E-state index contributed by atoms with van der Waals surface area (Å²) in [6.45, 7) is 5.56. The number of piperazine rings is 1. The van der Waals surface area contributed by atoms with Crippen molar-refractivity contribution in [1.29, 1.82) is 5.26 Å². The summed E-state index contributed by atoms with van der Waals surface area (Å²) >= 11 is 0. The number of nitrogens with zero attached hydrogens (tertiary/aromatic N) is 4. The van der Waals surface area contributed by atoms with Crippen molar-refractivity contribution in [3.05, 3.63) is 69.9 Å². The van der Waals surface area contributed by atoms with Crippen LogP contribution in [0, 0.1) is 25.2 Å². The summed E-state index contributed by atoms with van der Waals surface area (Å²) in [5.74, 6) is 0.171. The van der Waals surface area contributed by atoms with Gasteiger partial charge in [0.1, 0.15) is 12.4 Å². The van der Waals surface area contributed by atoms with E-state index in [0.717, 1.165) is 33.0 Å². The molecule has 0 saturated carbocycles. The van der Waals surface area contributed by atoms with E-state index >= 15 is 0 Å². The fourth-order valence-electron chi connectivity index (χ4n) is 4.81. The third-order valence-electron chi connectivity index (χ3n) is 6.85. The standard InChI is InChI=1S/C26H24N4O4/c1-15-18(10-27)4-3-17-9-24(28-11-21(15)17)30-8-7-29(13-25(30)32)12-23(31)19-5-6-20-22(16(19)2)14-34-26(20)33/h3-6,9,11,23,31H,7-8,12-14H2,1-2H3/t23-/m0/s1. The zero-order chi connectivity index (χ0) is 24.0. The Labute approximate surface area is 197 Å². The summed E-state index contributed by atoms with van der Waals surface area (Å²) in [5.41, 5.74) is 4.47. The van der Waals surface area contributed by atoms with Crippen molar-refractivity contribution < 1.29 is 19.4 Å². The Morgan fingerprint density at radius 3 is 2.76 bits per heavy atom. The van der Waals surface area contributed by atoms with Crippen molar-refractivity contribution in [3.8, 4) is 6.07 Å². The largest absolute Gasteiger partial charge is 0.457 e. The molecule has 2 aliphatic rings. The van der Waals surface area contributed by atoms with Crippen molar-refractivity contribution in [2.75, 3.05) is 31.1 Å². The molecule has 34 heavy (non-hydrogen) atoms. The zero-order valence-corrected chi connectivity index (χ0v) is 19.0. The maximum atomic E-state index is 12.9. The van der Waals surface area contributed by atoms with E-state index in [2.05, 4.69) is 11.1 Å². The second-order valence-electron chi connectivity index (χ2n) is 8.79. The highest BCUT2D eigenvalue weighted by Gasteiger charge is 2.30. The Bertz CT molecular complexity index is 1380. The molecule has 0 unspecified atom stereocenters. The number of fused-ring (bicyclic) bond motifs is 2. The number of aryl methyl sites for hydroxylation is 1. The molecule has 1 fully saturated rings. The molecule has 0 radical (unpaired) electrons. The number of anilines is 1. The molecule has 8 heteroatoms. The number of ether oxygens (including phenoxy) is 1. The number of aliphatic hydroxyl groups is 1. The van der Waals surface area contributed by atoms with Crippen LogP contribution in [0.2, 0.25) is 0 Å². The molecule has 1 N–H and O–H groups in total. The van der Waals surface area contributed by atoms with Gasteiger partial charge in [0, 0.05) is 36.8 Å². The topological polar surface area (TPSA) is 107 Å². The van der Waals surface area contributed by atoms with Crippen LogP contribution in [0.25, 0.3) is 10.8 Å². The number of nitriles is 1. The highest BCUT2D eigenvalue weighted by atomic mass is 16.5. The first kappa shape index (κ1) is 22.0. The van der Waals surface area contributed by atoms with Gasteiger partial charge in [-0.2, -0.15) is 5.26 Å². The molecule has 172 valence electrons. The quantitative estimate of drug-likeness (QED) is 0.602. The number of amides is 1. The number of hydrogen-bond donors (Lipinski definition) is 1. The Morgan fingerprint density at radius 2 is 2.00 bits per heavy atom. The van der Waals surface area contributed by atoms with Gasteiger partial charge in [0.05, 0.1) is 29.8 Å². The van der Waals surface area contributed by atoms with Crippen LogP contribution in [-0.2, 0) is 16.1 Å². The van der Waals surface area contributed by atoms with Crippen molar-refractivity contribution in [3.63, 3.8) is 0 Å². The van der Waals surface area contributed by atoms with Gasteiger partial charge in [-0.05, 0) is 54.1 Å². The first-order chi connectivity index (χ1) is 16.4. The Morgan fingerprint density at radius 1 is 1.18 bits per heavy atom. The van der Waals surface area contributed by atoms with Crippen molar-refractivity contribution in [2.45, 2.75) is 26.6 Å². The van der Waals surface area contributed by atoms with Crippen molar-refractivity contribution in [1.82, 2.24) is 9.88 Å². The molecule has 1 amide bonds. The Balaban J connectivity index is 1.29. The van der Waals surface area contributed by atoms with Gasteiger partial charge in [0.15, 0.2) is 0 Å². The van der Waals surface area contributed by atoms with Gasteiger partial charge in [-0.3, -0.25) is 14.6 Å². The number of rotatable bonds is 4. The molecule has 0 aliphatic carbocycles. The van der Waals surface area contributed by atoms with Crippen LogP contribution in [0.4, 0.5) is 5.82 Å². The van der Waals surface area contributed by atoms with Crippen LogP contribution in [0.3, 0.4) is 0 Å². The first-order valence-electron chi connectivity index (χ1n) is 11.2. The average Bonchev–Trinajstić information content (AvgIpc) is 3.21. The predicted octanol–water partition coefficient (Wildman–Crippen LogP) is 2.78. The van der Waals surface area contributed by atoms with E-state index in [1.54, 1.807) is 29.3 Å². The molecule has 8 nitrogen and oxygen atoms in total. The van der Waals surface area contributed by atoms with Gasteiger partial charge >= 0.3 is 5.97 Å². The maximum Gasteiger partial charge on any atom is 0.338 e. The molecule has 0 bridgehead atoms. The molecule has 1 saturated heterocycles. The molecule has 3 aromatic rings. The second kappa shape index (κ2) is 8.52. The molecule has 3 heterocycles. The molecule has 2 aliphatic heterocycles. The summed E-state index contributed by atoms with van der Waals surface area (Å²) in [7, 11) is 0. The van der Waals surface area contributed by atoms with Gasteiger partial charge in [-0.15, -0.1) is 0 Å². The van der Waals surface area contributed by atoms with Gasteiger partial charge in [0.25, 0.3) is 0 Å². The molecule has 0 spiro atoms. The van der Waals surface area contributed by atoms with Crippen LogP contribution < -0.4 is 4.90 Å². The number of carbonyl (C=O) groups is 2. The van der Waals surface area contributed by atoms with Gasteiger partial charge in [0.2, 0.25) is 5.91 Å². The molecule has 2 aromatic carbocycles. The van der Waals surface area contributed by atoms with Crippen LogP contribution in [-0.4, -0.2) is 53.0 Å². The van der Waals surface area contributed by atoms with Crippen molar-refractivity contribution >= 4 is 28.5 Å². The molecular weight excluding hydrogens is 432 g/mol. The fraction of sp³-hybridized carbons (Fsp3) is 0.308. The monoisotopic (exact) mass is 456 g/mol. The summed E-state index contributed by atoms with van der Waals surface area (Å²) in [6.07, 6.45) is 0.937. The number of carbonyl (C=O) groups excluding carboxylic acids is 2. The average molecular weight is 457 g/mol. The number of esters is 1. The Kier molecular flexibility index (Phi) is 5.52. The number of cyclic esters (lactones) is 1. The number of hydrogen-bond acceptors (Lipinski definition) is 7. The first-order valence-corrected chi connectivity index (χ1v) is 11.2. The predicted molar refractivity (Wildman–Crippen MR) is 125 cm³/mol. The molecule has 1 aromatic heterocycles.